The van der Waals surface area contributed by atoms with E-state index in [0.717, 1.165) is 18.9 Å². The Labute approximate surface area is 115 Å². The summed E-state index contributed by atoms with van der Waals surface area (Å²) < 4.78 is 18.6. The summed E-state index contributed by atoms with van der Waals surface area (Å²) in [5.74, 6) is 0. The van der Waals surface area contributed by atoms with Gasteiger partial charge in [0.2, 0.25) is 0 Å². The first kappa shape index (κ1) is 18.1. The molecule has 0 unspecified atom stereocenters. The molecule has 0 heterocycles. The molecule has 0 rings (SSSR count). The molecule has 0 atom stereocenters. The quantitative estimate of drug-likeness (QED) is 0.585. The van der Waals surface area contributed by atoms with Crippen molar-refractivity contribution in [2.75, 3.05) is 0 Å². The number of hydrogen-bond donors (Lipinski definition) is 0. The summed E-state index contributed by atoms with van der Waals surface area (Å²) in [5, 5.41) is 0. The van der Waals surface area contributed by atoms with Gasteiger partial charge in [-0.05, 0) is 48.0 Å². The monoisotopic (exact) mass is 276 g/mol. The minimum Gasteiger partial charge on any atom is -0.371 e. The van der Waals surface area contributed by atoms with Crippen LogP contribution in [0.1, 0.15) is 68.2 Å². The van der Waals surface area contributed by atoms with Crippen LogP contribution in [0, 0.1) is 0 Å². The molecule has 0 spiro atoms. The Morgan fingerprint density at radius 2 is 1.39 bits per heavy atom. The van der Waals surface area contributed by atoms with Crippen LogP contribution < -0.4 is 0 Å². The van der Waals surface area contributed by atoms with E-state index in [4.69, 9.17) is 13.3 Å². The SMILES string of the molecule is CCC[Si](OC(C)C)(OC(C)C)OC(C)(C)CC. The number of hydrogen-bond acceptors (Lipinski definition) is 3. The van der Waals surface area contributed by atoms with Crippen LogP contribution in [0.2, 0.25) is 6.04 Å². The van der Waals surface area contributed by atoms with Crippen LogP contribution in [0.4, 0.5) is 0 Å². The highest BCUT2D eigenvalue weighted by atomic mass is 28.4. The summed E-state index contributed by atoms with van der Waals surface area (Å²) in [6.45, 7) is 16.7. The molecule has 4 heteroatoms. The van der Waals surface area contributed by atoms with Crippen molar-refractivity contribution in [1.29, 1.82) is 0 Å². The van der Waals surface area contributed by atoms with Crippen molar-refractivity contribution in [3.8, 4) is 0 Å². The van der Waals surface area contributed by atoms with Gasteiger partial charge < -0.3 is 13.3 Å². The van der Waals surface area contributed by atoms with Crippen LogP contribution >= 0.6 is 0 Å². The average molecular weight is 276 g/mol. The van der Waals surface area contributed by atoms with E-state index < -0.39 is 8.80 Å². The third-order valence-electron chi connectivity index (χ3n) is 2.67. The molecule has 0 saturated heterocycles. The molecule has 0 aliphatic rings. The molecule has 3 nitrogen and oxygen atoms in total. The van der Waals surface area contributed by atoms with Gasteiger partial charge in [0.25, 0.3) is 0 Å². The molecule has 0 aliphatic heterocycles. The van der Waals surface area contributed by atoms with Gasteiger partial charge in [-0.2, -0.15) is 0 Å². The lowest BCUT2D eigenvalue weighted by atomic mass is 10.1. The summed E-state index contributed by atoms with van der Waals surface area (Å²) in [6.07, 6.45) is 2.24. The van der Waals surface area contributed by atoms with Crippen molar-refractivity contribution < 1.29 is 13.3 Å². The second-order valence-electron chi connectivity index (χ2n) is 5.98. The van der Waals surface area contributed by atoms with Crippen LogP contribution in [0.25, 0.3) is 0 Å². The molecular weight excluding hydrogens is 244 g/mol. The summed E-state index contributed by atoms with van der Waals surface area (Å²) in [6, 6.07) is 0.882. The molecule has 0 saturated carbocycles. The predicted octanol–water partition coefficient (Wildman–Crippen LogP) is 4.39. The fourth-order valence-electron chi connectivity index (χ4n) is 1.76. The van der Waals surface area contributed by atoms with E-state index >= 15 is 0 Å². The van der Waals surface area contributed by atoms with Crippen molar-refractivity contribution in [3.63, 3.8) is 0 Å². The molecule has 110 valence electrons. The standard InChI is InChI=1S/C14H32O3Si/c1-9-11-18(15-12(3)4,16-13(5)6)17-14(7,8)10-2/h12-13H,9-11H2,1-8H3. The molecule has 0 aromatic heterocycles. The summed E-state index contributed by atoms with van der Waals surface area (Å²) in [7, 11) is -2.58. The summed E-state index contributed by atoms with van der Waals surface area (Å²) >= 11 is 0. The van der Waals surface area contributed by atoms with Crippen molar-refractivity contribution >= 4 is 8.80 Å². The van der Waals surface area contributed by atoms with E-state index in [2.05, 4.69) is 27.7 Å². The van der Waals surface area contributed by atoms with Crippen LogP contribution in [0.3, 0.4) is 0 Å². The maximum atomic E-state index is 6.33. The zero-order valence-corrected chi connectivity index (χ0v) is 14.5. The van der Waals surface area contributed by atoms with Gasteiger partial charge >= 0.3 is 8.80 Å². The van der Waals surface area contributed by atoms with E-state index in [1.165, 1.54) is 0 Å². The molecule has 0 bridgehead atoms. The third kappa shape index (κ3) is 6.88. The van der Waals surface area contributed by atoms with Gasteiger partial charge in [-0.25, -0.2) is 0 Å². The number of rotatable bonds is 9. The predicted molar refractivity (Wildman–Crippen MR) is 78.7 cm³/mol. The molecule has 0 radical (unpaired) electrons. The Kier molecular flexibility index (Phi) is 7.67. The largest absolute Gasteiger partial charge is 0.501 e. The molecule has 0 amide bonds. The van der Waals surface area contributed by atoms with E-state index in [1.54, 1.807) is 0 Å². The Balaban J connectivity index is 5.04. The summed E-state index contributed by atoms with van der Waals surface area (Å²) in [5.41, 5.74) is -0.189. The van der Waals surface area contributed by atoms with E-state index in [1.807, 2.05) is 27.7 Å². The fraction of sp³-hybridized carbons (Fsp3) is 1.00. The molecule has 0 aliphatic carbocycles. The highest BCUT2D eigenvalue weighted by Gasteiger charge is 2.46. The van der Waals surface area contributed by atoms with Gasteiger partial charge in [-0.1, -0.05) is 20.3 Å². The van der Waals surface area contributed by atoms with Gasteiger partial charge in [0.05, 0.1) is 5.60 Å². The van der Waals surface area contributed by atoms with E-state index in [9.17, 15) is 0 Å². The minimum atomic E-state index is -2.58. The van der Waals surface area contributed by atoms with Crippen molar-refractivity contribution in [1.82, 2.24) is 0 Å². The highest BCUT2D eigenvalue weighted by molar-refractivity contribution is 6.60. The van der Waals surface area contributed by atoms with Gasteiger partial charge in [0, 0.05) is 18.3 Å². The van der Waals surface area contributed by atoms with E-state index in [0.29, 0.717) is 0 Å². The first-order chi connectivity index (χ1) is 8.16. The highest BCUT2D eigenvalue weighted by Crippen LogP contribution is 2.28. The Morgan fingerprint density at radius 3 is 1.67 bits per heavy atom. The van der Waals surface area contributed by atoms with Crippen molar-refractivity contribution in [2.45, 2.75) is 92.1 Å². The minimum absolute atomic E-state index is 0.134. The first-order valence-corrected chi connectivity index (χ1v) is 9.15. The van der Waals surface area contributed by atoms with Crippen molar-refractivity contribution in [2.24, 2.45) is 0 Å². The molecule has 0 aromatic carbocycles. The Bertz CT molecular complexity index is 217. The second kappa shape index (κ2) is 7.63. The lowest BCUT2D eigenvalue weighted by Crippen LogP contribution is -2.53. The van der Waals surface area contributed by atoms with Crippen LogP contribution in [-0.4, -0.2) is 26.6 Å². The van der Waals surface area contributed by atoms with Crippen LogP contribution in [-0.2, 0) is 13.3 Å². The fourth-order valence-corrected chi connectivity index (χ4v) is 5.29. The molecule has 18 heavy (non-hydrogen) atoms. The van der Waals surface area contributed by atoms with Gasteiger partial charge in [-0.3, -0.25) is 0 Å². The topological polar surface area (TPSA) is 27.7 Å². The van der Waals surface area contributed by atoms with E-state index in [-0.39, 0.29) is 17.8 Å². The lowest BCUT2D eigenvalue weighted by molar-refractivity contribution is -0.0384. The second-order valence-corrected chi connectivity index (χ2v) is 8.52. The van der Waals surface area contributed by atoms with Crippen LogP contribution in [0.15, 0.2) is 0 Å². The maximum Gasteiger partial charge on any atom is 0.501 e. The zero-order valence-electron chi connectivity index (χ0n) is 13.5. The smallest absolute Gasteiger partial charge is 0.371 e. The molecular formula is C14H32O3Si. The first-order valence-electron chi connectivity index (χ1n) is 7.22. The maximum absolute atomic E-state index is 6.33. The molecule has 0 N–H and O–H groups in total. The van der Waals surface area contributed by atoms with Gasteiger partial charge in [0.15, 0.2) is 0 Å². The normalized spacial score (nSPS) is 13.7. The summed E-state index contributed by atoms with van der Waals surface area (Å²) in [4.78, 5) is 0. The average Bonchev–Trinajstić information content (AvgIpc) is 2.14. The third-order valence-corrected chi connectivity index (χ3v) is 6.31. The van der Waals surface area contributed by atoms with Gasteiger partial charge in [-0.15, -0.1) is 0 Å². The Hall–Kier alpha value is 0.0969. The van der Waals surface area contributed by atoms with Gasteiger partial charge in [0.1, 0.15) is 0 Å². The van der Waals surface area contributed by atoms with Crippen LogP contribution in [0.5, 0.6) is 0 Å². The molecule has 0 fully saturated rings. The zero-order chi connectivity index (χ0) is 14.4. The molecule has 0 aromatic rings. The Morgan fingerprint density at radius 1 is 0.944 bits per heavy atom. The van der Waals surface area contributed by atoms with Crippen molar-refractivity contribution in [3.05, 3.63) is 0 Å². The lowest BCUT2D eigenvalue weighted by Gasteiger charge is -2.39.